The Bertz CT molecular complexity index is 1220. The van der Waals surface area contributed by atoms with E-state index >= 15 is 4.39 Å². The predicted octanol–water partition coefficient (Wildman–Crippen LogP) is 3.98. The lowest BCUT2D eigenvalue weighted by Crippen LogP contribution is -2.48. The number of hydrogen-bond donors (Lipinski definition) is 1. The molecule has 7 nitrogen and oxygen atoms in total. The van der Waals surface area contributed by atoms with E-state index in [1.165, 1.54) is 0 Å². The summed E-state index contributed by atoms with van der Waals surface area (Å²) in [5, 5.41) is 10.5. The van der Waals surface area contributed by atoms with E-state index in [0.29, 0.717) is 41.6 Å². The SMILES string of the molecule is COc1ccc2nccc(C(F)CCC3C(C(=O)O)CCCN3CC#Cc3cncn3C)c2c1. The van der Waals surface area contributed by atoms with Crippen LogP contribution in [0.4, 0.5) is 4.39 Å². The molecule has 3 unspecified atom stereocenters. The summed E-state index contributed by atoms with van der Waals surface area (Å²) in [5.74, 6) is 5.53. The van der Waals surface area contributed by atoms with E-state index in [1.807, 2.05) is 17.7 Å². The van der Waals surface area contributed by atoms with Crippen LogP contribution in [0.3, 0.4) is 0 Å². The second-order valence-electron chi connectivity index (χ2n) is 8.64. The second-order valence-corrected chi connectivity index (χ2v) is 8.64. The molecule has 3 aromatic rings. The number of piperidine rings is 1. The molecule has 3 atom stereocenters. The number of halogens is 1. The number of carboxylic acids is 1. The molecule has 2 aromatic heterocycles. The second kappa shape index (κ2) is 10.7. The molecule has 8 heteroatoms. The van der Waals surface area contributed by atoms with Crippen molar-refractivity contribution in [1.82, 2.24) is 19.4 Å². The molecule has 34 heavy (non-hydrogen) atoms. The fourth-order valence-corrected chi connectivity index (χ4v) is 4.72. The summed E-state index contributed by atoms with van der Waals surface area (Å²) in [4.78, 5) is 22.5. The molecule has 1 aliphatic rings. The number of alkyl halides is 1. The number of imidazole rings is 1. The molecule has 4 rings (SSSR count). The van der Waals surface area contributed by atoms with E-state index in [4.69, 9.17) is 4.74 Å². The third-order valence-corrected chi connectivity index (χ3v) is 6.56. The standard InChI is InChI=1S/C26H29FN4O3/c1-30-17-28-16-18(30)5-3-13-31-14-4-6-21(26(32)33)25(31)10-8-23(27)20-11-12-29-24-9-7-19(34-2)15-22(20)24/h7,9,11-12,15-17,21,23,25H,4,6,8,10,13-14H2,1-2H3,(H,32,33). The summed E-state index contributed by atoms with van der Waals surface area (Å²) >= 11 is 0. The molecule has 1 N–H and O–H groups in total. The highest BCUT2D eigenvalue weighted by molar-refractivity contribution is 5.83. The molecule has 0 bridgehead atoms. The van der Waals surface area contributed by atoms with Crippen molar-refractivity contribution in [2.45, 2.75) is 37.9 Å². The van der Waals surface area contributed by atoms with Gasteiger partial charge in [-0.05, 0) is 68.0 Å². The summed E-state index contributed by atoms with van der Waals surface area (Å²) in [6.07, 6.45) is 5.78. The summed E-state index contributed by atoms with van der Waals surface area (Å²) in [7, 11) is 3.45. The molecule has 0 radical (unpaired) electrons. The topological polar surface area (TPSA) is 80.5 Å². The number of rotatable bonds is 7. The third kappa shape index (κ3) is 5.20. The highest BCUT2D eigenvalue weighted by Gasteiger charge is 2.36. The van der Waals surface area contributed by atoms with E-state index in [1.54, 1.807) is 44.0 Å². The van der Waals surface area contributed by atoms with Crippen LogP contribution in [0.1, 0.15) is 43.1 Å². The zero-order valence-corrected chi connectivity index (χ0v) is 19.4. The first-order valence-corrected chi connectivity index (χ1v) is 11.5. The predicted molar refractivity (Wildman–Crippen MR) is 127 cm³/mol. The molecule has 1 saturated heterocycles. The number of nitrogens with zero attached hydrogens (tertiary/aromatic N) is 4. The van der Waals surface area contributed by atoms with Gasteiger partial charge in [0.2, 0.25) is 0 Å². The number of aliphatic carboxylic acids is 1. The van der Waals surface area contributed by atoms with Gasteiger partial charge in [-0.1, -0.05) is 5.92 Å². The summed E-state index contributed by atoms with van der Waals surface area (Å²) in [6, 6.07) is 6.84. The number of ether oxygens (including phenoxy) is 1. The molecule has 0 amide bonds. The molecule has 0 spiro atoms. The first-order chi connectivity index (χ1) is 16.5. The van der Waals surface area contributed by atoms with Crippen molar-refractivity contribution in [3.05, 3.63) is 54.2 Å². The maximum atomic E-state index is 15.5. The van der Waals surface area contributed by atoms with Gasteiger partial charge < -0.3 is 14.4 Å². The van der Waals surface area contributed by atoms with Gasteiger partial charge in [0.05, 0.1) is 37.6 Å². The lowest BCUT2D eigenvalue weighted by Gasteiger charge is -2.39. The van der Waals surface area contributed by atoms with Crippen molar-refractivity contribution in [2.75, 3.05) is 20.2 Å². The zero-order valence-electron chi connectivity index (χ0n) is 19.4. The Labute approximate surface area is 198 Å². The molecular weight excluding hydrogens is 435 g/mol. The van der Waals surface area contributed by atoms with Crippen LogP contribution < -0.4 is 4.74 Å². The van der Waals surface area contributed by atoms with Crippen molar-refractivity contribution < 1.29 is 19.0 Å². The van der Waals surface area contributed by atoms with Crippen molar-refractivity contribution in [2.24, 2.45) is 13.0 Å². The lowest BCUT2D eigenvalue weighted by atomic mass is 9.85. The van der Waals surface area contributed by atoms with Gasteiger partial charge in [-0.15, -0.1) is 0 Å². The minimum atomic E-state index is -1.24. The summed E-state index contributed by atoms with van der Waals surface area (Å²) in [6.45, 7) is 1.19. The fraction of sp³-hybridized carbons (Fsp3) is 0.423. The van der Waals surface area contributed by atoms with Crippen LogP contribution in [0, 0.1) is 17.8 Å². The third-order valence-electron chi connectivity index (χ3n) is 6.56. The fourth-order valence-electron chi connectivity index (χ4n) is 4.72. The number of benzene rings is 1. The first-order valence-electron chi connectivity index (χ1n) is 11.5. The molecule has 178 valence electrons. The van der Waals surface area contributed by atoms with Crippen LogP contribution in [0.2, 0.25) is 0 Å². The van der Waals surface area contributed by atoms with Crippen LogP contribution in [0.25, 0.3) is 10.9 Å². The van der Waals surface area contributed by atoms with Crippen LogP contribution in [-0.4, -0.2) is 56.8 Å². The Morgan fingerprint density at radius 3 is 2.97 bits per heavy atom. The molecule has 3 heterocycles. The highest BCUT2D eigenvalue weighted by Crippen LogP contribution is 2.34. The summed E-state index contributed by atoms with van der Waals surface area (Å²) < 4.78 is 22.7. The largest absolute Gasteiger partial charge is 0.497 e. The van der Waals surface area contributed by atoms with Gasteiger partial charge in [-0.2, -0.15) is 0 Å². The van der Waals surface area contributed by atoms with Crippen LogP contribution in [0.15, 0.2) is 43.0 Å². The lowest BCUT2D eigenvalue weighted by molar-refractivity contribution is -0.146. The van der Waals surface area contributed by atoms with E-state index < -0.39 is 18.1 Å². The smallest absolute Gasteiger partial charge is 0.308 e. The number of aromatic nitrogens is 3. The Hall–Kier alpha value is -3.44. The number of aryl methyl sites for hydroxylation is 1. The zero-order chi connectivity index (χ0) is 24.1. The Balaban J connectivity index is 1.51. The normalized spacial score (nSPS) is 19.4. The Kier molecular flexibility index (Phi) is 7.43. The van der Waals surface area contributed by atoms with Crippen LogP contribution >= 0.6 is 0 Å². The minimum absolute atomic E-state index is 0.219. The van der Waals surface area contributed by atoms with Gasteiger partial charge in [-0.3, -0.25) is 14.7 Å². The van der Waals surface area contributed by atoms with Crippen LogP contribution in [0.5, 0.6) is 5.75 Å². The number of fused-ring (bicyclic) bond motifs is 1. The van der Waals surface area contributed by atoms with Gasteiger partial charge in [0.25, 0.3) is 0 Å². The monoisotopic (exact) mass is 464 g/mol. The van der Waals surface area contributed by atoms with E-state index in [-0.39, 0.29) is 12.5 Å². The van der Waals surface area contributed by atoms with E-state index in [0.717, 1.165) is 18.7 Å². The number of hydrogen-bond acceptors (Lipinski definition) is 5. The number of pyridine rings is 1. The molecule has 1 aliphatic heterocycles. The van der Waals surface area contributed by atoms with Gasteiger partial charge in [0.1, 0.15) is 17.6 Å². The molecule has 0 saturated carbocycles. The Morgan fingerprint density at radius 2 is 2.24 bits per heavy atom. The van der Waals surface area contributed by atoms with Crippen molar-refractivity contribution in [3.8, 4) is 17.6 Å². The van der Waals surface area contributed by atoms with Crippen molar-refractivity contribution in [1.29, 1.82) is 0 Å². The number of methoxy groups -OCH3 is 1. The maximum Gasteiger partial charge on any atom is 0.308 e. The quantitative estimate of drug-likeness (QED) is 0.533. The molecule has 1 fully saturated rings. The molecule has 0 aliphatic carbocycles. The first kappa shape index (κ1) is 23.7. The number of carbonyl (C=O) groups is 1. The average molecular weight is 465 g/mol. The molecular formula is C26H29FN4O3. The van der Waals surface area contributed by atoms with Gasteiger partial charge >= 0.3 is 5.97 Å². The van der Waals surface area contributed by atoms with Gasteiger partial charge in [0, 0.05) is 24.7 Å². The maximum absolute atomic E-state index is 15.5. The van der Waals surface area contributed by atoms with E-state index in [2.05, 4.69) is 26.7 Å². The Morgan fingerprint density at radius 1 is 1.38 bits per heavy atom. The van der Waals surface area contributed by atoms with Crippen molar-refractivity contribution in [3.63, 3.8) is 0 Å². The van der Waals surface area contributed by atoms with Crippen LogP contribution in [-0.2, 0) is 11.8 Å². The van der Waals surface area contributed by atoms with Crippen molar-refractivity contribution >= 4 is 16.9 Å². The highest BCUT2D eigenvalue weighted by atomic mass is 19.1. The summed E-state index contributed by atoms with van der Waals surface area (Å²) in [5.41, 5.74) is 2.05. The van der Waals surface area contributed by atoms with E-state index in [9.17, 15) is 9.90 Å². The molecule has 1 aromatic carbocycles. The minimum Gasteiger partial charge on any atom is -0.497 e. The number of likely N-dealkylation sites (tertiary alicyclic amines) is 1. The van der Waals surface area contributed by atoms with Gasteiger partial charge in [-0.25, -0.2) is 9.37 Å². The van der Waals surface area contributed by atoms with Gasteiger partial charge in [0.15, 0.2) is 0 Å². The average Bonchev–Trinajstić information content (AvgIpc) is 3.26. The number of carboxylic acid groups (broad SMARTS) is 1.